The van der Waals surface area contributed by atoms with E-state index in [4.69, 9.17) is 4.42 Å². The standard InChI is InChI=1S/C10H17NO2/c1-10(2,3)11-7-8(12)9-5-4-6-13-9/h4-6,8,11-12H,7H2,1-3H3. The Kier molecular flexibility index (Phi) is 3.12. The van der Waals surface area contributed by atoms with Crippen LogP contribution in [-0.4, -0.2) is 17.2 Å². The number of hydrogen-bond acceptors (Lipinski definition) is 3. The maximum Gasteiger partial charge on any atom is 0.133 e. The average molecular weight is 183 g/mol. The fraction of sp³-hybridized carbons (Fsp3) is 0.600. The van der Waals surface area contributed by atoms with Gasteiger partial charge >= 0.3 is 0 Å². The maximum atomic E-state index is 9.62. The molecular weight excluding hydrogens is 166 g/mol. The minimum atomic E-state index is -0.561. The summed E-state index contributed by atoms with van der Waals surface area (Å²) in [6.45, 7) is 6.68. The number of β-amino-alcohol motifs (C(OH)–C–C–N with tert-alkyl or cyclic N) is 1. The van der Waals surface area contributed by atoms with Gasteiger partial charge in [-0.1, -0.05) is 0 Å². The molecule has 0 amide bonds. The van der Waals surface area contributed by atoms with Gasteiger partial charge in [0, 0.05) is 12.1 Å². The second-order valence-corrected chi connectivity index (χ2v) is 4.16. The molecular formula is C10H17NO2. The van der Waals surface area contributed by atoms with E-state index in [9.17, 15) is 5.11 Å². The molecule has 0 spiro atoms. The number of furan rings is 1. The normalized spacial score (nSPS) is 14.5. The smallest absolute Gasteiger partial charge is 0.133 e. The second kappa shape index (κ2) is 3.94. The van der Waals surface area contributed by atoms with Crippen molar-refractivity contribution in [3.05, 3.63) is 24.2 Å². The molecule has 1 unspecified atom stereocenters. The second-order valence-electron chi connectivity index (χ2n) is 4.16. The first-order valence-corrected chi connectivity index (χ1v) is 4.45. The van der Waals surface area contributed by atoms with Crippen LogP contribution >= 0.6 is 0 Å². The molecule has 0 bridgehead atoms. The third-order valence-corrected chi connectivity index (χ3v) is 1.70. The van der Waals surface area contributed by atoms with Crippen LogP contribution in [0, 0.1) is 0 Å². The van der Waals surface area contributed by atoms with Crippen LogP contribution in [0.2, 0.25) is 0 Å². The first kappa shape index (κ1) is 10.3. The van der Waals surface area contributed by atoms with Crippen molar-refractivity contribution in [3.8, 4) is 0 Å². The number of hydrogen-bond donors (Lipinski definition) is 2. The van der Waals surface area contributed by atoms with Crippen molar-refractivity contribution in [1.82, 2.24) is 5.32 Å². The van der Waals surface area contributed by atoms with E-state index in [0.717, 1.165) is 0 Å². The van der Waals surface area contributed by atoms with Gasteiger partial charge in [0.2, 0.25) is 0 Å². The van der Waals surface area contributed by atoms with Gasteiger partial charge in [0.05, 0.1) is 6.26 Å². The quantitative estimate of drug-likeness (QED) is 0.749. The van der Waals surface area contributed by atoms with Gasteiger partial charge in [0.15, 0.2) is 0 Å². The highest BCUT2D eigenvalue weighted by molar-refractivity contribution is 5.02. The minimum absolute atomic E-state index is 0.0214. The van der Waals surface area contributed by atoms with Gasteiger partial charge < -0.3 is 14.8 Å². The average Bonchev–Trinajstić information content (AvgIpc) is 2.50. The number of aliphatic hydroxyl groups is 1. The van der Waals surface area contributed by atoms with E-state index < -0.39 is 6.10 Å². The summed E-state index contributed by atoms with van der Waals surface area (Å²) in [6, 6.07) is 3.55. The van der Waals surface area contributed by atoms with E-state index in [-0.39, 0.29) is 5.54 Å². The summed E-state index contributed by atoms with van der Waals surface area (Å²) in [5, 5.41) is 12.8. The molecule has 3 heteroatoms. The van der Waals surface area contributed by atoms with Gasteiger partial charge in [-0.15, -0.1) is 0 Å². The minimum Gasteiger partial charge on any atom is -0.467 e. The monoisotopic (exact) mass is 183 g/mol. The molecule has 13 heavy (non-hydrogen) atoms. The molecule has 0 aliphatic carbocycles. The summed E-state index contributed by atoms with van der Waals surface area (Å²) < 4.78 is 5.07. The van der Waals surface area contributed by atoms with Crippen molar-refractivity contribution in [1.29, 1.82) is 0 Å². The van der Waals surface area contributed by atoms with E-state index in [1.54, 1.807) is 18.4 Å². The van der Waals surface area contributed by atoms with E-state index in [2.05, 4.69) is 26.1 Å². The lowest BCUT2D eigenvalue weighted by Crippen LogP contribution is -2.38. The van der Waals surface area contributed by atoms with Gasteiger partial charge in [-0.3, -0.25) is 0 Å². The van der Waals surface area contributed by atoms with Crippen molar-refractivity contribution < 1.29 is 9.52 Å². The molecule has 74 valence electrons. The predicted molar refractivity (Wildman–Crippen MR) is 51.4 cm³/mol. The van der Waals surface area contributed by atoms with Crippen LogP contribution in [0.1, 0.15) is 32.6 Å². The SMILES string of the molecule is CC(C)(C)NCC(O)c1ccco1. The predicted octanol–water partition coefficient (Wildman–Crippen LogP) is 1.70. The van der Waals surface area contributed by atoms with Crippen LogP contribution in [0.4, 0.5) is 0 Å². The molecule has 0 aliphatic heterocycles. The molecule has 0 saturated heterocycles. The Hall–Kier alpha value is -0.800. The van der Waals surface area contributed by atoms with E-state index in [0.29, 0.717) is 12.3 Å². The van der Waals surface area contributed by atoms with Crippen LogP contribution in [0.25, 0.3) is 0 Å². The Balaban J connectivity index is 2.39. The first-order valence-electron chi connectivity index (χ1n) is 4.45. The van der Waals surface area contributed by atoms with Gasteiger partial charge in [-0.2, -0.15) is 0 Å². The van der Waals surface area contributed by atoms with Gasteiger partial charge in [0.1, 0.15) is 11.9 Å². The largest absolute Gasteiger partial charge is 0.467 e. The lowest BCUT2D eigenvalue weighted by atomic mass is 10.1. The van der Waals surface area contributed by atoms with Crippen molar-refractivity contribution in [2.45, 2.75) is 32.4 Å². The van der Waals surface area contributed by atoms with Crippen molar-refractivity contribution >= 4 is 0 Å². The summed E-state index contributed by atoms with van der Waals surface area (Å²) in [6.07, 6.45) is 1.00. The Morgan fingerprint density at radius 2 is 2.23 bits per heavy atom. The Morgan fingerprint density at radius 1 is 1.54 bits per heavy atom. The van der Waals surface area contributed by atoms with Crippen LogP contribution in [0.3, 0.4) is 0 Å². The number of rotatable bonds is 3. The molecule has 3 nitrogen and oxygen atoms in total. The Bertz CT molecular complexity index is 236. The summed E-state index contributed by atoms with van der Waals surface area (Å²) in [5.41, 5.74) is 0.0214. The zero-order valence-corrected chi connectivity index (χ0v) is 8.37. The molecule has 1 aromatic heterocycles. The lowest BCUT2D eigenvalue weighted by molar-refractivity contribution is 0.138. The molecule has 1 rings (SSSR count). The van der Waals surface area contributed by atoms with Gasteiger partial charge in [0.25, 0.3) is 0 Å². The number of nitrogens with one attached hydrogen (secondary N) is 1. The van der Waals surface area contributed by atoms with Crippen molar-refractivity contribution in [2.75, 3.05) is 6.54 Å². The Morgan fingerprint density at radius 3 is 2.69 bits per heavy atom. The lowest BCUT2D eigenvalue weighted by Gasteiger charge is -2.22. The molecule has 0 saturated carbocycles. The molecule has 0 fully saturated rings. The van der Waals surface area contributed by atoms with E-state index >= 15 is 0 Å². The highest BCUT2D eigenvalue weighted by Crippen LogP contribution is 2.12. The molecule has 0 aromatic carbocycles. The van der Waals surface area contributed by atoms with Crippen LogP contribution in [0.15, 0.2) is 22.8 Å². The van der Waals surface area contributed by atoms with Crippen molar-refractivity contribution in [2.24, 2.45) is 0 Å². The molecule has 2 N–H and O–H groups in total. The number of aliphatic hydroxyl groups excluding tert-OH is 1. The summed E-state index contributed by atoms with van der Waals surface area (Å²) in [5.74, 6) is 0.608. The highest BCUT2D eigenvalue weighted by atomic mass is 16.4. The maximum absolute atomic E-state index is 9.62. The summed E-state index contributed by atoms with van der Waals surface area (Å²) >= 11 is 0. The summed E-state index contributed by atoms with van der Waals surface area (Å²) in [4.78, 5) is 0. The third kappa shape index (κ3) is 3.61. The van der Waals surface area contributed by atoms with Gasteiger partial charge in [-0.05, 0) is 32.9 Å². The molecule has 1 atom stereocenters. The van der Waals surface area contributed by atoms with E-state index in [1.807, 2.05) is 0 Å². The summed E-state index contributed by atoms with van der Waals surface area (Å²) in [7, 11) is 0. The first-order chi connectivity index (χ1) is 5.99. The van der Waals surface area contributed by atoms with Gasteiger partial charge in [-0.25, -0.2) is 0 Å². The molecule has 0 aliphatic rings. The van der Waals surface area contributed by atoms with Crippen LogP contribution in [-0.2, 0) is 0 Å². The third-order valence-electron chi connectivity index (χ3n) is 1.70. The zero-order valence-electron chi connectivity index (χ0n) is 8.37. The molecule has 1 heterocycles. The highest BCUT2D eigenvalue weighted by Gasteiger charge is 2.14. The zero-order chi connectivity index (χ0) is 9.90. The van der Waals surface area contributed by atoms with Crippen molar-refractivity contribution in [3.63, 3.8) is 0 Å². The Labute approximate surface area is 78.8 Å². The molecule has 0 radical (unpaired) electrons. The topological polar surface area (TPSA) is 45.4 Å². The fourth-order valence-electron chi connectivity index (χ4n) is 0.984. The fourth-order valence-corrected chi connectivity index (χ4v) is 0.984. The van der Waals surface area contributed by atoms with Crippen LogP contribution in [0.5, 0.6) is 0 Å². The molecule has 1 aromatic rings. The van der Waals surface area contributed by atoms with Crippen LogP contribution < -0.4 is 5.32 Å². The van der Waals surface area contributed by atoms with E-state index in [1.165, 1.54) is 0 Å².